The smallest absolute Gasteiger partial charge is 0.306 e. The molecule has 18 heavy (non-hydrogen) atoms. The maximum Gasteiger partial charge on any atom is 0.307 e. The minimum atomic E-state index is -0.472. The monoisotopic (exact) mass is 330 g/mol. The fourth-order valence-electron chi connectivity index (χ4n) is 2.04. The number of nitro benzene ring substituents is 1. The first kappa shape index (κ1) is 13.4. The van der Waals surface area contributed by atoms with E-state index in [9.17, 15) is 14.9 Å². The average molecular weight is 331 g/mol. The standard InChI is InChI=1S/C11H11BrN2O3S/c12-8-2-1-3-9(11(8)14(16)17)13-5-7(6-18)4-10(13)15/h1-3,7,18H,4-6H2. The number of carbonyl (C=O) groups is 1. The Morgan fingerprint density at radius 2 is 2.28 bits per heavy atom. The van der Waals surface area contributed by atoms with Crippen molar-refractivity contribution < 1.29 is 9.72 Å². The number of amides is 1. The fourth-order valence-corrected chi connectivity index (χ4v) is 2.78. The van der Waals surface area contributed by atoms with Crippen LogP contribution in [0.15, 0.2) is 22.7 Å². The van der Waals surface area contributed by atoms with Gasteiger partial charge < -0.3 is 4.90 Å². The summed E-state index contributed by atoms with van der Waals surface area (Å²) in [7, 11) is 0. The van der Waals surface area contributed by atoms with E-state index in [4.69, 9.17) is 0 Å². The van der Waals surface area contributed by atoms with Crippen molar-refractivity contribution in [3.05, 3.63) is 32.8 Å². The van der Waals surface area contributed by atoms with Crippen LogP contribution in [0.5, 0.6) is 0 Å². The third-order valence-corrected chi connectivity index (χ3v) is 4.06. The Kier molecular flexibility index (Phi) is 3.91. The van der Waals surface area contributed by atoms with Gasteiger partial charge in [0.25, 0.3) is 0 Å². The molecule has 1 fully saturated rings. The van der Waals surface area contributed by atoms with E-state index in [1.807, 2.05) is 0 Å². The Morgan fingerprint density at radius 3 is 2.83 bits per heavy atom. The van der Waals surface area contributed by atoms with Gasteiger partial charge in [0.2, 0.25) is 5.91 Å². The lowest BCUT2D eigenvalue weighted by atomic mass is 10.1. The molecule has 0 saturated carbocycles. The van der Waals surface area contributed by atoms with Crippen LogP contribution < -0.4 is 4.90 Å². The molecule has 0 spiro atoms. The Bertz CT molecular complexity index is 509. The number of nitrogens with zero attached hydrogens (tertiary/aromatic N) is 2. The van der Waals surface area contributed by atoms with E-state index in [1.165, 1.54) is 4.90 Å². The van der Waals surface area contributed by atoms with Crippen LogP contribution in [-0.2, 0) is 4.79 Å². The molecule has 0 N–H and O–H groups in total. The van der Waals surface area contributed by atoms with E-state index in [0.717, 1.165) is 0 Å². The Morgan fingerprint density at radius 1 is 1.56 bits per heavy atom. The van der Waals surface area contributed by atoms with Crippen LogP contribution in [0.2, 0.25) is 0 Å². The van der Waals surface area contributed by atoms with Crippen molar-refractivity contribution in [3.63, 3.8) is 0 Å². The van der Waals surface area contributed by atoms with Crippen molar-refractivity contribution in [2.75, 3.05) is 17.2 Å². The van der Waals surface area contributed by atoms with E-state index in [0.29, 0.717) is 28.9 Å². The highest BCUT2D eigenvalue weighted by atomic mass is 79.9. The number of anilines is 1. The number of carbonyl (C=O) groups excluding carboxylic acids is 1. The molecule has 7 heteroatoms. The molecule has 0 bridgehead atoms. The number of halogens is 1. The second-order valence-corrected chi connectivity index (χ2v) is 5.34. The topological polar surface area (TPSA) is 63.5 Å². The maximum absolute atomic E-state index is 11.9. The molecule has 1 unspecified atom stereocenters. The molecular formula is C11H11BrN2O3S. The van der Waals surface area contributed by atoms with E-state index < -0.39 is 4.92 Å². The quantitative estimate of drug-likeness (QED) is 0.526. The Labute approximate surface area is 118 Å². The number of thiol groups is 1. The van der Waals surface area contributed by atoms with Crippen molar-refractivity contribution in [2.24, 2.45) is 5.92 Å². The van der Waals surface area contributed by atoms with Gasteiger partial charge in [-0.05, 0) is 39.7 Å². The van der Waals surface area contributed by atoms with Crippen molar-refractivity contribution in [1.82, 2.24) is 0 Å². The van der Waals surface area contributed by atoms with Crippen molar-refractivity contribution in [1.29, 1.82) is 0 Å². The van der Waals surface area contributed by atoms with Gasteiger partial charge >= 0.3 is 5.69 Å². The Hall–Kier alpha value is -1.08. The summed E-state index contributed by atoms with van der Waals surface area (Å²) in [6.07, 6.45) is 0.396. The molecule has 1 aliphatic heterocycles. The summed E-state index contributed by atoms with van der Waals surface area (Å²) >= 11 is 7.33. The zero-order chi connectivity index (χ0) is 13.3. The molecular weight excluding hydrogens is 320 g/mol. The predicted molar refractivity (Wildman–Crippen MR) is 75.1 cm³/mol. The number of hydrogen-bond acceptors (Lipinski definition) is 4. The predicted octanol–water partition coefficient (Wildman–Crippen LogP) is 2.64. The van der Waals surface area contributed by atoms with Gasteiger partial charge in [-0.1, -0.05) is 6.07 Å². The summed E-state index contributed by atoms with van der Waals surface area (Å²) in [5, 5.41) is 11.1. The van der Waals surface area contributed by atoms with Gasteiger partial charge in [0.1, 0.15) is 5.69 Å². The van der Waals surface area contributed by atoms with Crippen LogP contribution in [0.3, 0.4) is 0 Å². The minimum absolute atomic E-state index is 0.0642. The third kappa shape index (κ3) is 2.37. The SMILES string of the molecule is O=C1CC(CS)CN1c1cccc(Br)c1[N+](=O)[O-]. The van der Waals surface area contributed by atoms with Crippen LogP contribution in [-0.4, -0.2) is 23.1 Å². The van der Waals surface area contributed by atoms with Crippen molar-refractivity contribution >= 4 is 45.8 Å². The van der Waals surface area contributed by atoms with Gasteiger partial charge in [-0.2, -0.15) is 12.6 Å². The third-order valence-electron chi connectivity index (χ3n) is 2.90. The molecule has 1 aromatic rings. The minimum Gasteiger partial charge on any atom is -0.306 e. The normalized spacial score (nSPS) is 19.3. The summed E-state index contributed by atoms with van der Waals surface area (Å²) in [5.74, 6) is 0.666. The van der Waals surface area contributed by atoms with Gasteiger partial charge in [0, 0.05) is 13.0 Å². The molecule has 0 radical (unpaired) electrons. The van der Waals surface area contributed by atoms with Crippen molar-refractivity contribution in [2.45, 2.75) is 6.42 Å². The highest BCUT2D eigenvalue weighted by molar-refractivity contribution is 9.10. The summed E-state index contributed by atoms with van der Waals surface area (Å²) in [6, 6.07) is 4.88. The summed E-state index contributed by atoms with van der Waals surface area (Å²) in [4.78, 5) is 24.0. The number of hydrogen-bond donors (Lipinski definition) is 1. The first-order chi connectivity index (χ1) is 8.54. The molecule has 2 rings (SSSR count). The molecule has 5 nitrogen and oxygen atoms in total. The number of benzene rings is 1. The number of para-hydroxylation sites is 1. The molecule has 1 aromatic carbocycles. The lowest BCUT2D eigenvalue weighted by molar-refractivity contribution is -0.384. The molecule has 1 heterocycles. The first-order valence-corrected chi connectivity index (χ1v) is 6.81. The largest absolute Gasteiger partial charge is 0.307 e. The van der Waals surface area contributed by atoms with Crippen LogP contribution in [0, 0.1) is 16.0 Å². The van der Waals surface area contributed by atoms with Crippen molar-refractivity contribution in [3.8, 4) is 0 Å². The van der Waals surface area contributed by atoms with Gasteiger partial charge in [-0.15, -0.1) is 0 Å². The second-order valence-electron chi connectivity index (χ2n) is 4.12. The Balaban J connectivity index is 2.43. The summed E-state index contributed by atoms with van der Waals surface area (Å²) in [5.41, 5.74) is 0.286. The highest BCUT2D eigenvalue weighted by Crippen LogP contribution is 2.37. The van der Waals surface area contributed by atoms with Crippen LogP contribution in [0.1, 0.15) is 6.42 Å². The maximum atomic E-state index is 11.9. The van der Waals surface area contributed by atoms with E-state index in [-0.39, 0.29) is 17.5 Å². The number of rotatable bonds is 3. The summed E-state index contributed by atoms with van der Waals surface area (Å²) in [6.45, 7) is 0.486. The zero-order valence-corrected chi connectivity index (χ0v) is 11.9. The molecule has 1 aliphatic rings. The van der Waals surface area contributed by atoms with Gasteiger partial charge in [-0.3, -0.25) is 14.9 Å². The van der Waals surface area contributed by atoms with E-state index in [1.54, 1.807) is 18.2 Å². The first-order valence-electron chi connectivity index (χ1n) is 5.38. The lowest BCUT2D eigenvalue weighted by Gasteiger charge is -2.16. The fraction of sp³-hybridized carbons (Fsp3) is 0.364. The van der Waals surface area contributed by atoms with E-state index in [2.05, 4.69) is 28.6 Å². The van der Waals surface area contributed by atoms with Crippen LogP contribution >= 0.6 is 28.6 Å². The zero-order valence-electron chi connectivity index (χ0n) is 9.38. The molecule has 0 aliphatic carbocycles. The van der Waals surface area contributed by atoms with E-state index >= 15 is 0 Å². The molecule has 0 aromatic heterocycles. The van der Waals surface area contributed by atoms with Crippen LogP contribution in [0.25, 0.3) is 0 Å². The van der Waals surface area contributed by atoms with Gasteiger partial charge in [0.05, 0.1) is 9.40 Å². The van der Waals surface area contributed by atoms with Gasteiger partial charge in [-0.25, -0.2) is 0 Å². The summed E-state index contributed by atoms with van der Waals surface area (Å²) < 4.78 is 0.382. The molecule has 1 amide bonds. The molecule has 1 saturated heterocycles. The number of nitro groups is 1. The highest BCUT2D eigenvalue weighted by Gasteiger charge is 2.34. The second kappa shape index (κ2) is 5.27. The van der Waals surface area contributed by atoms with Crippen LogP contribution in [0.4, 0.5) is 11.4 Å². The lowest BCUT2D eigenvalue weighted by Crippen LogP contribution is -2.25. The molecule has 96 valence electrons. The van der Waals surface area contributed by atoms with Gasteiger partial charge in [0.15, 0.2) is 0 Å². The molecule has 1 atom stereocenters. The average Bonchev–Trinajstić information content (AvgIpc) is 2.69.